The number of rotatable bonds is 4. The summed E-state index contributed by atoms with van der Waals surface area (Å²) in [5.41, 5.74) is 0. The van der Waals surface area contributed by atoms with E-state index in [4.69, 9.17) is 19.2 Å². The van der Waals surface area contributed by atoms with Crippen LogP contribution in [0.4, 0.5) is 0 Å². The van der Waals surface area contributed by atoms with E-state index >= 15 is 0 Å². The van der Waals surface area contributed by atoms with E-state index < -0.39 is 19.8 Å². The molecule has 0 fully saturated rings. The number of hydrogen-bond donors (Lipinski definition) is 3. The highest BCUT2D eigenvalue weighted by molar-refractivity contribution is 7.45. The first-order valence-electron chi connectivity index (χ1n) is 3.33. The Kier molecular flexibility index (Phi) is 9.27. The maximum Gasteiger partial charge on any atom is 0.466 e. The van der Waals surface area contributed by atoms with E-state index in [0.29, 0.717) is 0 Å². The predicted molar refractivity (Wildman–Crippen MR) is 47.9 cm³/mol. The molecule has 16 heavy (non-hydrogen) atoms. The first-order valence-corrected chi connectivity index (χ1v) is 4.89. The second kappa shape index (κ2) is 8.77. The number of carbonyl (C=O) groups excluding carboxylic acids is 2. The van der Waals surface area contributed by atoms with Crippen LogP contribution in [0.25, 0.3) is 0 Å². The first kappa shape index (κ1) is 16.9. The van der Waals surface area contributed by atoms with E-state index in [-0.39, 0.29) is 0 Å². The third-order valence-corrected chi connectivity index (χ3v) is 0.566. The van der Waals surface area contributed by atoms with Crippen molar-refractivity contribution in [2.75, 3.05) is 0 Å². The molecule has 0 amide bonds. The molecular formula is C6H9O9P. The van der Waals surface area contributed by atoms with E-state index in [1.807, 2.05) is 0 Å². The van der Waals surface area contributed by atoms with Crippen molar-refractivity contribution < 1.29 is 43.6 Å². The number of phosphoric acid groups is 1. The zero-order valence-corrected chi connectivity index (χ0v) is 8.70. The van der Waals surface area contributed by atoms with Gasteiger partial charge in [-0.15, -0.1) is 0 Å². The van der Waals surface area contributed by atoms with E-state index in [1.165, 1.54) is 0 Å². The Labute approximate surface area is 89.6 Å². The van der Waals surface area contributed by atoms with Crippen molar-refractivity contribution in [3.63, 3.8) is 0 Å². The zero-order valence-electron chi connectivity index (χ0n) is 7.81. The van der Waals surface area contributed by atoms with Gasteiger partial charge in [0.1, 0.15) is 0 Å². The molecule has 0 saturated carbocycles. The zero-order chi connectivity index (χ0) is 13.2. The Morgan fingerprint density at radius 2 is 1.25 bits per heavy atom. The summed E-state index contributed by atoms with van der Waals surface area (Å²) in [5, 5.41) is 3.70. The van der Waals surface area contributed by atoms with E-state index in [1.54, 1.807) is 0 Å². The second-order valence-electron chi connectivity index (χ2n) is 1.79. The summed E-state index contributed by atoms with van der Waals surface area (Å²) < 4.78 is 8.88. The summed E-state index contributed by atoms with van der Waals surface area (Å²) in [5.74, 6) is -1.72. The Hall–Kier alpha value is -1.51. The lowest BCUT2D eigenvalue weighted by atomic mass is 10.7. The van der Waals surface area contributed by atoms with Gasteiger partial charge in [0, 0.05) is 17.2 Å². The van der Waals surface area contributed by atoms with Gasteiger partial charge < -0.3 is 14.7 Å². The third-order valence-electron chi connectivity index (χ3n) is 0.566. The molecule has 0 rings (SSSR count). The van der Waals surface area contributed by atoms with Crippen molar-refractivity contribution in [2.24, 2.45) is 0 Å². The van der Waals surface area contributed by atoms with Crippen molar-refractivity contribution in [2.45, 2.75) is 0 Å². The van der Waals surface area contributed by atoms with Crippen LogP contribution in [0.1, 0.15) is 0 Å². The smallest absolute Gasteiger partial charge is 0.303 e. The van der Waals surface area contributed by atoms with Gasteiger partial charge in [-0.1, -0.05) is 13.2 Å². The molecule has 0 unspecified atom stereocenters. The highest BCUT2D eigenvalue weighted by atomic mass is 31.2. The molecular weight excluding hydrogens is 247 g/mol. The summed E-state index contributed by atoms with van der Waals surface area (Å²) in [6, 6.07) is 0. The lowest BCUT2D eigenvalue weighted by molar-refractivity contribution is -0.455. The average molecular weight is 256 g/mol. The van der Waals surface area contributed by atoms with Crippen molar-refractivity contribution in [1.29, 1.82) is 0 Å². The van der Waals surface area contributed by atoms with Gasteiger partial charge >= 0.3 is 19.8 Å². The average Bonchev–Trinajstić information content (AvgIpc) is 2.14. The van der Waals surface area contributed by atoms with Crippen LogP contribution >= 0.6 is 7.82 Å². The van der Waals surface area contributed by atoms with Crippen molar-refractivity contribution in [3.05, 3.63) is 25.3 Å². The number of carbonyl (C=O) groups is 2. The van der Waals surface area contributed by atoms with Crippen LogP contribution < -0.4 is 0 Å². The molecule has 9 nitrogen and oxygen atoms in total. The van der Waals surface area contributed by atoms with E-state index in [0.717, 1.165) is 12.2 Å². The molecule has 0 aliphatic rings. The van der Waals surface area contributed by atoms with Gasteiger partial charge in [0.15, 0.2) is 0 Å². The van der Waals surface area contributed by atoms with Gasteiger partial charge in [0.05, 0.1) is 0 Å². The van der Waals surface area contributed by atoms with E-state index in [9.17, 15) is 9.59 Å². The van der Waals surface area contributed by atoms with Gasteiger partial charge in [-0.25, -0.2) is 14.2 Å². The molecule has 3 N–H and O–H groups in total. The van der Waals surface area contributed by atoms with Crippen LogP contribution in [-0.4, -0.2) is 26.6 Å². The van der Waals surface area contributed by atoms with Gasteiger partial charge in [-0.05, 0) is 0 Å². The highest BCUT2D eigenvalue weighted by Gasteiger charge is 2.00. The normalized spacial score (nSPS) is 9.19. The maximum atomic E-state index is 10.2. The fourth-order valence-corrected chi connectivity index (χ4v) is 0.152. The third kappa shape index (κ3) is 22.9. The lowest BCUT2D eigenvalue weighted by Gasteiger charge is -1.95. The van der Waals surface area contributed by atoms with Gasteiger partial charge in [-0.2, -0.15) is 0 Å². The molecule has 0 atom stereocenters. The van der Waals surface area contributed by atoms with Crippen LogP contribution in [0, 0.1) is 0 Å². The fourth-order valence-electron chi connectivity index (χ4n) is 0.152. The Morgan fingerprint density at radius 3 is 1.44 bits per heavy atom. The monoisotopic (exact) mass is 256 g/mol. The molecule has 0 aliphatic heterocycles. The summed E-state index contributed by atoms with van der Waals surface area (Å²) in [6.07, 6.45) is 1.70. The topological polar surface area (TPSA) is 140 Å². The molecule has 0 aromatic heterocycles. The molecule has 0 aliphatic carbocycles. The molecule has 0 saturated heterocycles. The van der Waals surface area contributed by atoms with Crippen LogP contribution in [0.3, 0.4) is 0 Å². The Morgan fingerprint density at radius 1 is 1.00 bits per heavy atom. The number of hydrogen-bond acceptors (Lipinski definition) is 6. The summed E-state index contributed by atoms with van der Waals surface area (Å²) in [7, 11) is -4.64. The SMILES string of the molecule is C=CC(=O)OOOC(=O)C=C.O=P(O)(O)O. The first-order chi connectivity index (χ1) is 7.20. The van der Waals surface area contributed by atoms with Gasteiger partial charge in [0.25, 0.3) is 0 Å². The summed E-state index contributed by atoms with van der Waals surface area (Å²) >= 11 is 0. The maximum absolute atomic E-state index is 10.2. The van der Waals surface area contributed by atoms with E-state index in [2.05, 4.69) is 28.0 Å². The molecule has 0 aromatic carbocycles. The standard InChI is InChI=1S/C6H6O5.H3O4P/c1-3-5(7)9-11-10-6(8)4-2;1-5(2,3)4/h3-4H,1-2H2;(H3,1,2,3,4). The predicted octanol–water partition coefficient (Wildman–Crippen LogP) is -0.637. The van der Waals surface area contributed by atoms with Crippen LogP contribution in [-0.2, 0) is 29.0 Å². The lowest BCUT2D eigenvalue weighted by Crippen LogP contribution is -2.06. The minimum Gasteiger partial charge on any atom is -0.303 e. The quantitative estimate of drug-likeness (QED) is 0.259. The fraction of sp³-hybridized carbons (Fsp3) is 0. The Balaban J connectivity index is 0. The van der Waals surface area contributed by atoms with Crippen molar-refractivity contribution in [3.8, 4) is 0 Å². The van der Waals surface area contributed by atoms with Crippen molar-refractivity contribution >= 4 is 19.8 Å². The molecule has 92 valence electrons. The largest absolute Gasteiger partial charge is 0.466 e. The summed E-state index contributed by atoms with van der Waals surface area (Å²) in [4.78, 5) is 49.6. The second-order valence-corrected chi connectivity index (χ2v) is 2.82. The van der Waals surface area contributed by atoms with Gasteiger partial charge in [-0.3, -0.25) is 9.78 Å². The molecule has 0 heterocycles. The molecule has 0 radical (unpaired) electrons. The van der Waals surface area contributed by atoms with Crippen LogP contribution in [0.15, 0.2) is 25.3 Å². The molecule has 0 spiro atoms. The van der Waals surface area contributed by atoms with Crippen LogP contribution in [0.2, 0.25) is 0 Å². The summed E-state index contributed by atoms with van der Waals surface area (Å²) in [6.45, 7) is 6.13. The minimum atomic E-state index is -4.64. The Bertz CT molecular complexity index is 275. The molecule has 0 aromatic rings. The highest BCUT2D eigenvalue weighted by Crippen LogP contribution is 2.25. The minimum absolute atomic E-state index is 0.849. The molecule has 0 bridgehead atoms. The van der Waals surface area contributed by atoms with Crippen LogP contribution in [0.5, 0.6) is 0 Å². The van der Waals surface area contributed by atoms with Gasteiger partial charge in [0.2, 0.25) is 0 Å². The van der Waals surface area contributed by atoms with Crippen molar-refractivity contribution in [1.82, 2.24) is 0 Å². The molecule has 10 heteroatoms.